The number of amides is 2. The molecular formula is C17H22N2O2S. The van der Waals surface area contributed by atoms with E-state index in [0.717, 1.165) is 10.1 Å². The average molecular weight is 318 g/mol. The first-order valence-electron chi connectivity index (χ1n) is 7.39. The molecule has 0 spiro atoms. The summed E-state index contributed by atoms with van der Waals surface area (Å²) in [6.45, 7) is 8.25. The van der Waals surface area contributed by atoms with Crippen LogP contribution in [0, 0.1) is 0 Å². The van der Waals surface area contributed by atoms with E-state index in [-0.39, 0.29) is 23.9 Å². The Morgan fingerprint density at radius 3 is 2.50 bits per heavy atom. The Balaban J connectivity index is 2.13. The number of hydrogen-bond acceptors (Lipinski definition) is 3. The number of thiophene rings is 1. The number of fused-ring (bicyclic) bond motifs is 1. The zero-order chi connectivity index (χ0) is 16.3. The lowest BCUT2D eigenvalue weighted by molar-refractivity contribution is -0.123. The van der Waals surface area contributed by atoms with Crippen LogP contribution in [0.3, 0.4) is 0 Å². The molecule has 0 saturated carbocycles. The fourth-order valence-corrected chi connectivity index (χ4v) is 3.23. The molecule has 22 heavy (non-hydrogen) atoms. The zero-order valence-electron chi connectivity index (χ0n) is 13.5. The fourth-order valence-electron chi connectivity index (χ4n) is 2.20. The SMILES string of the molecule is CCN(CC(=O)NC(C)(C)C)C(=O)c1cc2ccccc2s1. The van der Waals surface area contributed by atoms with Crippen molar-refractivity contribution < 1.29 is 9.59 Å². The first-order chi connectivity index (χ1) is 10.3. The molecule has 5 heteroatoms. The average Bonchev–Trinajstić information content (AvgIpc) is 2.86. The number of carbonyl (C=O) groups excluding carboxylic acids is 2. The van der Waals surface area contributed by atoms with Crippen molar-refractivity contribution in [2.45, 2.75) is 33.2 Å². The van der Waals surface area contributed by atoms with Gasteiger partial charge in [-0.3, -0.25) is 9.59 Å². The molecule has 2 amide bonds. The molecule has 1 heterocycles. The van der Waals surface area contributed by atoms with Crippen molar-refractivity contribution in [2.24, 2.45) is 0 Å². The highest BCUT2D eigenvalue weighted by molar-refractivity contribution is 7.20. The monoisotopic (exact) mass is 318 g/mol. The second-order valence-corrected chi connectivity index (χ2v) is 7.35. The summed E-state index contributed by atoms with van der Waals surface area (Å²) in [5.74, 6) is -0.225. The molecular weight excluding hydrogens is 296 g/mol. The van der Waals surface area contributed by atoms with E-state index in [0.29, 0.717) is 11.4 Å². The predicted molar refractivity (Wildman–Crippen MR) is 91.3 cm³/mol. The molecule has 0 unspecified atom stereocenters. The number of nitrogens with zero attached hydrogens (tertiary/aromatic N) is 1. The third-order valence-electron chi connectivity index (χ3n) is 3.15. The summed E-state index contributed by atoms with van der Waals surface area (Å²) in [5.41, 5.74) is -0.294. The Hall–Kier alpha value is -1.88. The maximum absolute atomic E-state index is 12.6. The summed E-state index contributed by atoms with van der Waals surface area (Å²) in [7, 11) is 0. The van der Waals surface area contributed by atoms with E-state index in [4.69, 9.17) is 0 Å². The zero-order valence-corrected chi connectivity index (χ0v) is 14.3. The molecule has 0 fully saturated rings. The molecule has 2 aromatic rings. The highest BCUT2D eigenvalue weighted by Gasteiger charge is 2.21. The van der Waals surface area contributed by atoms with Gasteiger partial charge in [-0.25, -0.2) is 0 Å². The topological polar surface area (TPSA) is 49.4 Å². The minimum Gasteiger partial charge on any atom is -0.350 e. The quantitative estimate of drug-likeness (QED) is 0.940. The third kappa shape index (κ3) is 4.07. The van der Waals surface area contributed by atoms with Crippen molar-refractivity contribution in [3.05, 3.63) is 35.2 Å². The van der Waals surface area contributed by atoms with Gasteiger partial charge in [0.25, 0.3) is 5.91 Å². The summed E-state index contributed by atoms with van der Waals surface area (Å²) in [6, 6.07) is 9.80. The molecule has 0 aliphatic heterocycles. The first kappa shape index (κ1) is 16.5. The molecule has 2 rings (SSSR count). The Morgan fingerprint density at radius 1 is 1.23 bits per heavy atom. The van der Waals surface area contributed by atoms with E-state index in [9.17, 15) is 9.59 Å². The molecule has 0 aliphatic carbocycles. The first-order valence-corrected chi connectivity index (χ1v) is 8.20. The maximum Gasteiger partial charge on any atom is 0.264 e. The number of hydrogen-bond donors (Lipinski definition) is 1. The molecule has 0 atom stereocenters. The normalized spacial score (nSPS) is 11.5. The van der Waals surface area contributed by atoms with Crippen LogP contribution in [0.1, 0.15) is 37.4 Å². The van der Waals surface area contributed by atoms with E-state index >= 15 is 0 Å². The molecule has 0 bridgehead atoms. The van der Waals surface area contributed by atoms with Crippen molar-refractivity contribution >= 4 is 33.2 Å². The second kappa shape index (κ2) is 6.48. The Bertz CT molecular complexity index is 652. The molecule has 1 N–H and O–H groups in total. The van der Waals surface area contributed by atoms with E-state index in [1.54, 1.807) is 4.90 Å². The maximum atomic E-state index is 12.6. The Morgan fingerprint density at radius 2 is 1.91 bits per heavy atom. The predicted octanol–water partition coefficient (Wildman–Crippen LogP) is 3.28. The molecule has 1 aromatic heterocycles. The summed E-state index contributed by atoms with van der Waals surface area (Å²) in [4.78, 5) is 26.9. The van der Waals surface area contributed by atoms with Crippen LogP contribution in [0.5, 0.6) is 0 Å². The van der Waals surface area contributed by atoms with Crippen molar-refractivity contribution in [1.82, 2.24) is 10.2 Å². The molecule has 118 valence electrons. The molecule has 4 nitrogen and oxygen atoms in total. The van der Waals surface area contributed by atoms with Crippen molar-refractivity contribution in [2.75, 3.05) is 13.1 Å². The van der Waals surface area contributed by atoms with Crippen LogP contribution in [0.4, 0.5) is 0 Å². The smallest absolute Gasteiger partial charge is 0.264 e. The fraction of sp³-hybridized carbons (Fsp3) is 0.412. The highest BCUT2D eigenvalue weighted by atomic mass is 32.1. The minimum absolute atomic E-state index is 0.0842. The number of benzene rings is 1. The van der Waals surface area contributed by atoms with Gasteiger partial charge in [-0.15, -0.1) is 11.3 Å². The van der Waals surface area contributed by atoms with Crippen molar-refractivity contribution in [3.63, 3.8) is 0 Å². The van der Waals surface area contributed by atoms with Crippen LogP contribution in [-0.4, -0.2) is 35.3 Å². The van der Waals surface area contributed by atoms with Crippen LogP contribution >= 0.6 is 11.3 Å². The van der Waals surface area contributed by atoms with Gasteiger partial charge in [0.05, 0.1) is 11.4 Å². The molecule has 0 radical (unpaired) electrons. The van der Waals surface area contributed by atoms with Crippen LogP contribution < -0.4 is 5.32 Å². The van der Waals surface area contributed by atoms with E-state index in [1.165, 1.54) is 11.3 Å². The Labute approximate surface area is 135 Å². The van der Waals surface area contributed by atoms with Gasteiger partial charge in [0.15, 0.2) is 0 Å². The van der Waals surface area contributed by atoms with Crippen LogP contribution in [-0.2, 0) is 4.79 Å². The largest absolute Gasteiger partial charge is 0.350 e. The van der Waals surface area contributed by atoms with E-state index < -0.39 is 0 Å². The summed E-state index contributed by atoms with van der Waals surface area (Å²) < 4.78 is 1.08. The van der Waals surface area contributed by atoms with Crippen LogP contribution in [0.2, 0.25) is 0 Å². The van der Waals surface area contributed by atoms with Gasteiger partial charge in [0.1, 0.15) is 0 Å². The van der Waals surface area contributed by atoms with Gasteiger partial charge in [0.2, 0.25) is 5.91 Å². The van der Waals surface area contributed by atoms with Crippen LogP contribution in [0.25, 0.3) is 10.1 Å². The summed E-state index contributed by atoms with van der Waals surface area (Å²) in [6.07, 6.45) is 0. The van der Waals surface area contributed by atoms with E-state index in [1.807, 2.05) is 58.0 Å². The van der Waals surface area contributed by atoms with Crippen molar-refractivity contribution in [1.29, 1.82) is 0 Å². The van der Waals surface area contributed by atoms with E-state index in [2.05, 4.69) is 5.32 Å². The van der Waals surface area contributed by atoms with Gasteiger partial charge in [-0.2, -0.15) is 0 Å². The highest BCUT2D eigenvalue weighted by Crippen LogP contribution is 2.26. The number of likely N-dealkylation sites (N-methyl/N-ethyl adjacent to an activating group) is 1. The van der Waals surface area contributed by atoms with Gasteiger partial charge < -0.3 is 10.2 Å². The van der Waals surface area contributed by atoms with Crippen LogP contribution in [0.15, 0.2) is 30.3 Å². The number of rotatable bonds is 4. The number of carbonyl (C=O) groups is 2. The third-order valence-corrected chi connectivity index (χ3v) is 4.26. The summed E-state index contributed by atoms with van der Waals surface area (Å²) in [5, 5.41) is 3.95. The lowest BCUT2D eigenvalue weighted by Crippen LogP contribution is -2.47. The van der Waals surface area contributed by atoms with Gasteiger partial charge in [0, 0.05) is 16.8 Å². The second-order valence-electron chi connectivity index (χ2n) is 6.27. The molecule has 0 aliphatic rings. The summed E-state index contributed by atoms with van der Waals surface area (Å²) >= 11 is 1.47. The Kier molecular flexibility index (Phi) is 4.86. The standard InChI is InChI=1S/C17H22N2O2S/c1-5-19(11-15(20)18-17(2,3)4)16(21)14-10-12-8-6-7-9-13(12)22-14/h6-10H,5,11H2,1-4H3,(H,18,20). The lowest BCUT2D eigenvalue weighted by Gasteiger charge is -2.24. The number of nitrogens with one attached hydrogen (secondary N) is 1. The minimum atomic E-state index is -0.294. The molecule has 0 saturated heterocycles. The van der Waals surface area contributed by atoms with Gasteiger partial charge in [-0.1, -0.05) is 18.2 Å². The van der Waals surface area contributed by atoms with Gasteiger partial charge in [-0.05, 0) is 45.2 Å². The molecule has 1 aromatic carbocycles. The van der Waals surface area contributed by atoms with Gasteiger partial charge >= 0.3 is 0 Å². The van der Waals surface area contributed by atoms with Crippen molar-refractivity contribution in [3.8, 4) is 0 Å². The lowest BCUT2D eigenvalue weighted by atomic mass is 10.1.